The predicted octanol–water partition coefficient (Wildman–Crippen LogP) is 7.48. The second-order valence-electron chi connectivity index (χ2n) is 13.3. The highest BCUT2D eigenvalue weighted by atomic mass is 32.2. The van der Waals surface area contributed by atoms with Crippen molar-refractivity contribution in [3.63, 3.8) is 0 Å². The molecule has 0 saturated heterocycles. The molecule has 0 bridgehead atoms. The summed E-state index contributed by atoms with van der Waals surface area (Å²) in [5, 5.41) is 11.8. The monoisotopic (exact) mass is 599 g/mol. The first-order valence-electron chi connectivity index (χ1n) is 13.1. The lowest BCUT2D eigenvalue weighted by atomic mass is 10.1. The molecule has 11 heteroatoms. The first-order valence-corrected chi connectivity index (χ1v) is 21.3. The number of rotatable bonds is 10. The van der Waals surface area contributed by atoms with Gasteiger partial charge in [0, 0.05) is 6.04 Å². The Labute approximate surface area is 237 Å². The van der Waals surface area contributed by atoms with Crippen molar-refractivity contribution in [2.75, 3.05) is 13.7 Å². The van der Waals surface area contributed by atoms with Crippen molar-refractivity contribution in [1.82, 2.24) is 9.71 Å². The maximum atomic E-state index is 14.7. The van der Waals surface area contributed by atoms with E-state index < -0.39 is 32.1 Å². The molecular weight excluding hydrogens is 551 g/mol. The number of hydrogen-bond acceptors (Lipinski definition) is 7. The van der Waals surface area contributed by atoms with Crippen LogP contribution >= 0.6 is 11.3 Å². The van der Waals surface area contributed by atoms with Crippen molar-refractivity contribution in [2.45, 2.75) is 108 Å². The molecule has 0 aliphatic rings. The summed E-state index contributed by atoms with van der Waals surface area (Å²) in [6.07, 6.45) is 1.60. The van der Waals surface area contributed by atoms with Gasteiger partial charge in [-0.05, 0) is 67.8 Å². The quantitative estimate of drug-likeness (QED) is 0.276. The minimum atomic E-state index is -3.06. The number of aromatic nitrogens is 1. The number of benzene rings is 1. The van der Waals surface area contributed by atoms with E-state index in [0.29, 0.717) is 9.22 Å². The average molecular weight is 600 g/mol. The summed E-state index contributed by atoms with van der Waals surface area (Å²) in [6, 6.07) is 7.47. The summed E-state index contributed by atoms with van der Waals surface area (Å²) >= 11 is 1.24. The normalized spacial score (nSPS) is 17.4. The third kappa shape index (κ3) is 7.76. The SMILES string of the molecule is COc1ccc([C@H](C)N[S@@](=O)(=N[Si](C)(C)C(C)(C)C)c2cnc([C@@](C)(O)CO[Si](C)(C)C(C)(C)C)s2)cc1. The number of aliphatic hydroxyl groups is 1. The van der Waals surface area contributed by atoms with Gasteiger partial charge in [0.05, 0.1) is 19.9 Å². The van der Waals surface area contributed by atoms with E-state index in [1.807, 2.05) is 31.2 Å². The molecule has 1 aromatic carbocycles. The van der Waals surface area contributed by atoms with Crippen molar-refractivity contribution in [2.24, 2.45) is 4.03 Å². The van der Waals surface area contributed by atoms with Crippen LogP contribution in [0.3, 0.4) is 0 Å². The Kier molecular flexibility index (Phi) is 9.95. The fourth-order valence-electron chi connectivity index (χ4n) is 3.02. The van der Waals surface area contributed by atoms with Crippen LogP contribution in [0.1, 0.15) is 72.0 Å². The molecule has 1 aromatic heterocycles. The van der Waals surface area contributed by atoms with Crippen molar-refractivity contribution in [3.8, 4) is 5.75 Å². The number of nitrogens with one attached hydrogen (secondary N) is 1. The molecule has 2 rings (SSSR count). The van der Waals surface area contributed by atoms with Crippen molar-refractivity contribution < 1.29 is 18.5 Å². The largest absolute Gasteiger partial charge is 0.497 e. The molecule has 0 radical (unpaired) electrons. The van der Waals surface area contributed by atoms with Crippen LogP contribution in [0.5, 0.6) is 5.75 Å². The van der Waals surface area contributed by atoms with Gasteiger partial charge in [-0.25, -0.2) is 13.9 Å². The van der Waals surface area contributed by atoms with Gasteiger partial charge in [0.15, 0.2) is 16.6 Å². The van der Waals surface area contributed by atoms with E-state index >= 15 is 0 Å². The third-order valence-electron chi connectivity index (χ3n) is 7.88. The van der Waals surface area contributed by atoms with Crippen molar-refractivity contribution in [3.05, 3.63) is 41.0 Å². The van der Waals surface area contributed by atoms with Crippen LogP contribution in [-0.2, 0) is 19.9 Å². The fourth-order valence-corrected chi connectivity index (χ4v) is 11.1. The van der Waals surface area contributed by atoms with Crippen LogP contribution in [0.2, 0.25) is 36.3 Å². The first kappa shape index (κ1) is 33.1. The molecule has 0 spiro atoms. The van der Waals surface area contributed by atoms with Crippen molar-refractivity contribution >= 4 is 37.8 Å². The van der Waals surface area contributed by atoms with Crippen LogP contribution in [0.15, 0.2) is 38.7 Å². The van der Waals surface area contributed by atoms with E-state index in [4.69, 9.17) is 13.2 Å². The Morgan fingerprint density at radius 1 is 1.05 bits per heavy atom. The number of thiazole rings is 1. The maximum Gasteiger partial charge on any atom is 0.195 e. The molecule has 2 aromatic rings. The lowest BCUT2D eigenvalue weighted by Crippen LogP contribution is -2.44. The Balaban J connectivity index is 2.50. The summed E-state index contributed by atoms with van der Waals surface area (Å²) < 4.78 is 35.3. The molecule has 1 heterocycles. The molecule has 0 unspecified atom stereocenters. The van der Waals surface area contributed by atoms with Gasteiger partial charge in [0.25, 0.3) is 0 Å². The number of hydrogen-bond donors (Lipinski definition) is 2. The molecule has 0 amide bonds. The molecule has 0 aliphatic carbocycles. The van der Waals surface area contributed by atoms with Gasteiger partial charge in [0.1, 0.15) is 30.5 Å². The minimum absolute atomic E-state index is 0.0228. The standard InChI is InChI=1S/C27H49N3O4S2Si2/c1-20(21-14-16-22(33-9)17-15-21)29-36(32,30-37(10,11)25(2,3)4)23-18-28-24(35-23)27(8,31)19-34-38(12,13)26(5,6)7/h14-18,20,31H,19H2,1-13H3,(H,29,30,32)/t20-,27-,36+/m0/s1. The molecule has 0 fully saturated rings. The molecule has 0 saturated carbocycles. The summed E-state index contributed by atoms with van der Waals surface area (Å²) in [4.78, 5) is 4.54. The van der Waals surface area contributed by atoms with Crippen LogP contribution in [0.25, 0.3) is 0 Å². The van der Waals surface area contributed by atoms with Crippen LogP contribution in [0.4, 0.5) is 0 Å². The summed E-state index contributed by atoms with van der Waals surface area (Å²) in [5.41, 5.74) is -0.333. The highest BCUT2D eigenvalue weighted by Gasteiger charge is 2.41. The third-order valence-corrected chi connectivity index (χ3v) is 22.2. The molecular formula is C27H49N3O4S2Si2. The van der Waals surface area contributed by atoms with E-state index in [1.165, 1.54) is 11.3 Å². The number of methoxy groups -OCH3 is 1. The highest BCUT2D eigenvalue weighted by molar-refractivity contribution is 7.94. The van der Waals surface area contributed by atoms with Gasteiger partial charge < -0.3 is 14.3 Å². The maximum absolute atomic E-state index is 14.7. The average Bonchev–Trinajstić information content (AvgIpc) is 3.28. The minimum Gasteiger partial charge on any atom is -0.497 e. The van der Waals surface area contributed by atoms with Gasteiger partial charge in [-0.15, -0.1) is 11.3 Å². The number of nitrogens with zero attached hydrogens (tertiary/aromatic N) is 2. The van der Waals surface area contributed by atoms with Gasteiger partial charge in [0.2, 0.25) is 0 Å². The Morgan fingerprint density at radius 3 is 2.08 bits per heavy atom. The number of ether oxygens (including phenoxy) is 1. The second kappa shape index (κ2) is 11.4. The summed E-state index contributed by atoms with van der Waals surface area (Å²) in [5.74, 6) is 0.766. The lowest BCUT2D eigenvalue weighted by molar-refractivity contribution is 0.00244. The Hall–Kier alpha value is -1.09. The summed E-state index contributed by atoms with van der Waals surface area (Å²) in [6.45, 7) is 25.4. The zero-order chi connectivity index (χ0) is 29.4. The zero-order valence-corrected chi connectivity index (χ0v) is 29.2. The molecule has 7 nitrogen and oxygen atoms in total. The van der Waals surface area contributed by atoms with Crippen molar-refractivity contribution in [1.29, 1.82) is 0 Å². The van der Waals surface area contributed by atoms with E-state index in [1.54, 1.807) is 20.2 Å². The van der Waals surface area contributed by atoms with E-state index in [0.717, 1.165) is 11.3 Å². The fraction of sp³-hybridized carbons (Fsp3) is 0.667. The van der Waals surface area contributed by atoms with Gasteiger partial charge >= 0.3 is 0 Å². The highest BCUT2D eigenvalue weighted by Crippen LogP contribution is 2.41. The smallest absolute Gasteiger partial charge is 0.195 e. The Morgan fingerprint density at radius 2 is 1.61 bits per heavy atom. The van der Waals surface area contributed by atoms with Gasteiger partial charge in [-0.1, -0.05) is 53.7 Å². The predicted molar refractivity (Wildman–Crippen MR) is 165 cm³/mol. The van der Waals surface area contributed by atoms with Gasteiger partial charge in [-0.2, -0.15) is 0 Å². The topological polar surface area (TPSA) is 93.0 Å². The van der Waals surface area contributed by atoms with Crippen LogP contribution in [0, 0.1) is 0 Å². The Bertz CT molecular complexity index is 1200. The van der Waals surface area contributed by atoms with Crippen LogP contribution in [-0.4, -0.2) is 44.6 Å². The second-order valence-corrected chi connectivity index (χ2v) is 26.5. The van der Waals surface area contributed by atoms with Crippen LogP contribution < -0.4 is 9.46 Å². The molecule has 3 atom stereocenters. The van der Waals surface area contributed by atoms with E-state index in [9.17, 15) is 9.32 Å². The molecule has 2 N–H and O–H groups in total. The zero-order valence-electron chi connectivity index (χ0n) is 25.6. The molecule has 38 heavy (non-hydrogen) atoms. The van der Waals surface area contributed by atoms with E-state index in [2.05, 4.69) is 77.4 Å². The van der Waals surface area contributed by atoms with E-state index in [-0.39, 0.29) is 22.7 Å². The van der Waals surface area contributed by atoms with Gasteiger partial charge in [-0.3, -0.25) is 4.03 Å². The molecule has 216 valence electrons. The lowest BCUT2D eigenvalue weighted by Gasteiger charge is -2.38. The summed E-state index contributed by atoms with van der Waals surface area (Å²) in [7, 11) is -5.83. The molecule has 0 aliphatic heterocycles. The first-order chi connectivity index (χ1) is 17.0.